The number of benzene rings is 1. The number of amides is 2. The molecule has 1 atom stereocenters. The van der Waals surface area contributed by atoms with Gasteiger partial charge in [-0.3, -0.25) is 9.59 Å². The van der Waals surface area contributed by atoms with Crippen molar-refractivity contribution in [2.24, 2.45) is 33.1 Å². The molecule has 0 fully saturated rings. The third-order valence-corrected chi connectivity index (χ3v) is 2.33. The highest BCUT2D eigenvalue weighted by Gasteiger charge is 2.28. The molecule has 112 valence electrons. The minimum Gasteiger partial charge on any atom is -0.369 e. The van der Waals surface area contributed by atoms with E-state index in [1.54, 1.807) is 18.2 Å². The summed E-state index contributed by atoms with van der Waals surface area (Å²) >= 11 is 0. The summed E-state index contributed by atoms with van der Waals surface area (Å²) in [6, 6.07) is 7.11. The highest BCUT2D eigenvalue weighted by molar-refractivity contribution is 6.17. The van der Waals surface area contributed by atoms with Gasteiger partial charge < -0.3 is 22.9 Å². The molecule has 21 heavy (non-hydrogen) atoms. The van der Waals surface area contributed by atoms with E-state index in [9.17, 15) is 9.59 Å². The molecular weight excluding hydrogens is 274 g/mol. The monoisotopic (exact) mass is 291 g/mol. The SMILES string of the molecule is C[C@H](N)C(=O)N(C(=O)c1ccccc1)/C(N)=N/N=C(N)N. The molecule has 0 unspecified atom stereocenters. The largest absolute Gasteiger partial charge is 0.369 e. The number of hydrogen-bond acceptors (Lipinski definition) is 5. The number of nitrogens with two attached hydrogens (primary N) is 4. The van der Waals surface area contributed by atoms with Crippen LogP contribution in [0.15, 0.2) is 40.5 Å². The molecule has 9 nitrogen and oxygen atoms in total. The second kappa shape index (κ2) is 7.01. The molecule has 0 aliphatic rings. The van der Waals surface area contributed by atoms with E-state index in [1.165, 1.54) is 19.1 Å². The van der Waals surface area contributed by atoms with Crippen LogP contribution in [0.2, 0.25) is 0 Å². The lowest BCUT2D eigenvalue weighted by Gasteiger charge is -2.20. The average Bonchev–Trinajstić information content (AvgIpc) is 2.45. The minimum absolute atomic E-state index is 0.245. The van der Waals surface area contributed by atoms with Crippen molar-refractivity contribution >= 4 is 23.7 Å². The van der Waals surface area contributed by atoms with Crippen LogP contribution < -0.4 is 22.9 Å². The molecule has 0 bridgehead atoms. The molecule has 9 heteroatoms. The lowest BCUT2D eigenvalue weighted by molar-refractivity contribution is -0.126. The zero-order chi connectivity index (χ0) is 16.0. The predicted octanol–water partition coefficient (Wildman–Crippen LogP) is -1.49. The predicted molar refractivity (Wildman–Crippen MR) is 78.7 cm³/mol. The average molecular weight is 291 g/mol. The summed E-state index contributed by atoms with van der Waals surface area (Å²) in [7, 11) is 0. The van der Waals surface area contributed by atoms with E-state index in [4.69, 9.17) is 22.9 Å². The third kappa shape index (κ3) is 4.28. The van der Waals surface area contributed by atoms with Gasteiger partial charge in [-0.2, -0.15) is 0 Å². The zero-order valence-corrected chi connectivity index (χ0v) is 11.4. The number of carbonyl (C=O) groups excluding carboxylic acids is 2. The first-order valence-corrected chi connectivity index (χ1v) is 5.95. The molecule has 0 aromatic heterocycles. The Balaban J connectivity index is 3.21. The summed E-state index contributed by atoms with van der Waals surface area (Å²) in [5.74, 6) is -2.24. The summed E-state index contributed by atoms with van der Waals surface area (Å²) in [5, 5.41) is 6.75. The van der Waals surface area contributed by atoms with Crippen LogP contribution >= 0.6 is 0 Å². The number of imide groups is 1. The maximum atomic E-state index is 12.4. The molecule has 1 aromatic carbocycles. The molecule has 0 spiro atoms. The molecular formula is C12H17N7O2. The topological polar surface area (TPSA) is 166 Å². The number of hydrogen-bond donors (Lipinski definition) is 4. The molecule has 0 aliphatic heterocycles. The summed E-state index contributed by atoms with van der Waals surface area (Å²) < 4.78 is 0. The van der Waals surface area contributed by atoms with Crippen LogP contribution in [0.1, 0.15) is 17.3 Å². The van der Waals surface area contributed by atoms with Crippen LogP contribution in [0.4, 0.5) is 0 Å². The van der Waals surface area contributed by atoms with Gasteiger partial charge in [-0.25, -0.2) is 4.90 Å². The van der Waals surface area contributed by atoms with Gasteiger partial charge in [0.1, 0.15) is 0 Å². The summed E-state index contributed by atoms with van der Waals surface area (Å²) in [4.78, 5) is 25.0. The second-order valence-corrected chi connectivity index (χ2v) is 4.12. The van der Waals surface area contributed by atoms with Crippen molar-refractivity contribution < 1.29 is 9.59 Å². The molecule has 1 aromatic rings. The van der Waals surface area contributed by atoms with Gasteiger partial charge in [0.15, 0.2) is 0 Å². The van der Waals surface area contributed by atoms with Crippen molar-refractivity contribution in [2.75, 3.05) is 0 Å². The first kappa shape index (κ1) is 16.1. The lowest BCUT2D eigenvalue weighted by Crippen LogP contribution is -2.51. The van der Waals surface area contributed by atoms with Gasteiger partial charge in [0, 0.05) is 5.56 Å². The number of guanidine groups is 2. The van der Waals surface area contributed by atoms with E-state index in [0.29, 0.717) is 4.90 Å². The summed E-state index contributed by atoms with van der Waals surface area (Å²) in [6.45, 7) is 1.42. The Bertz CT molecular complexity index is 577. The van der Waals surface area contributed by atoms with E-state index >= 15 is 0 Å². The Labute approximate surface area is 121 Å². The van der Waals surface area contributed by atoms with Crippen LogP contribution in [-0.2, 0) is 4.79 Å². The normalized spacial score (nSPS) is 12.4. The number of nitrogens with zero attached hydrogens (tertiary/aromatic N) is 3. The lowest BCUT2D eigenvalue weighted by atomic mass is 10.2. The Morgan fingerprint density at radius 3 is 2.14 bits per heavy atom. The van der Waals surface area contributed by atoms with Gasteiger partial charge in [0.05, 0.1) is 6.04 Å². The molecule has 0 aliphatic carbocycles. The fourth-order valence-corrected chi connectivity index (χ4v) is 1.38. The molecule has 8 N–H and O–H groups in total. The molecule has 0 heterocycles. The van der Waals surface area contributed by atoms with Gasteiger partial charge >= 0.3 is 0 Å². The van der Waals surface area contributed by atoms with Gasteiger partial charge in [-0.15, -0.1) is 10.2 Å². The Hall–Kier alpha value is -2.94. The van der Waals surface area contributed by atoms with Crippen molar-refractivity contribution in [1.82, 2.24) is 4.90 Å². The Morgan fingerprint density at radius 1 is 1.10 bits per heavy atom. The van der Waals surface area contributed by atoms with Crippen LogP contribution in [0, 0.1) is 0 Å². The highest BCUT2D eigenvalue weighted by Crippen LogP contribution is 2.06. The van der Waals surface area contributed by atoms with Gasteiger partial charge in [-0.05, 0) is 19.1 Å². The van der Waals surface area contributed by atoms with Crippen molar-refractivity contribution in [3.05, 3.63) is 35.9 Å². The number of carbonyl (C=O) groups is 2. The minimum atomic E-state index is -0.953. The Kier molecular flexibility index (Phi) is 5.38. The van der Waals surface area contributed by atoms with Crippen LogP contribution in [0.5, 0.6) is 0 Å². The van der Waals surface area contributed by atoms with Crippen LogP contribution in [-0.4, -0.2) is 34.7 Å². The van der Waals surface area contributed by atoms with E-state index < -0.39 is 23.8 Å². The third-order valence-electron chi connectivity index (χ3n) is 2.33. The molecule has 1 rings (SSSR count). The molecule has 0 saturated carbocycles. The molecule has 2 amide bonds. The van der Waals surface area contributed by atoms with Crippen molar-refractivity contribution in [2.45, 2.75) is 13.0 Å². The maximum Gasteiger partial charge on any atom is 0.267 e. The zero-order valence-electron chi connectivity index (χ0n) is 11.4. The Morgan fingerprint density at radius 2 is 1.67 bits per heavy atom. The second-order valence-electron chi connectivity index (χ2n) is 4.12. The first-order chi connectivity index (χ1) is 9.84. The highest BCUT2D eigenvalue weighted by atomic mass is 16.2. The van der Waals surface area contributed by atoms with Gasteiger partial charge in [0.25, 0.3) is 11.8 Å². The van der Waals surface area contributed by atoms with E-state index in [2.05, 4.69) is 10.2 Å². The van der Waals surface area contributed by atoms with E-state index in [-0.39, 0.29) is 11.5 Å². The standard InChI is InChI=1S/C12H17N7O2/c1-7(13)9(20)19(12(16)18-17-11(14)15)10(21)8-5-3-2-4-6-8/h2-7H,13H2,1H3,(H2,16,18)(H4,14,15,17)/t7-/m0/s1. The van der Waals surface area contributed by atoms with Crippen molar-refractivity contribution in [3.63, 3.8) is 0 Å². The quantitative estimate of drug-likeness (QED) is 0.300. The summed E-state index contributed by atoms with van der Waals surface area (Å²) in [5.41, 5.74) is 21.6. The molecule has 0 saturated heterocycles. The first-order valence-electron chi connectivity index (χ1n) is 5.95. The van der Waals surface area contributed by atoms with Crippen molar-refractivity contribution in [3.8, 4) is 0 Å². The smallest absolute Gasteiger partial charge is 0.267 e. The van der Waals surface area contributed by atoms with E-state index in [0.717, 1.165) is 0 Å². The van der Waals surface area contributed by atoms with E-state index in [1.807, 2.05) is 0 Å². The van der Waals surface area contributed by atoms with Crippen LogP contribution in [0.25, 0.3) is 0 Å². The molecule has 0 radical (unpaired) electrons. The fourth-order valence-electron chi connectivity index (χ4n) is 1.38. The fraction of sp³-hybridized carbons (Fsp3) is 0.167. The maximum absolute atomic E-state index is 12.4. The van der Waals surface area contributed by atoms with Gasteiger partial charge in [-0.1, -0.05) is 18.2 Å². The number of rotatable bonds is 3. The van der Waals surface area contributed by atoms with Crippen molar-refractivity contribution in [1.29, 1.82) is 0 Å². The van der Waals surface area contributed by atoms with Gasteiger partial charge in [0.2, 0.25) is 11.9 Å². The summed E-state index contributed by atoms with van der Waals surface area (Å²) in [6.07, 6.45) is 0. The van der Waals surface area contributed by atoms with Crippen LogP contribution in [0.3, 0.4) is 0 Å².